The average molecular weight is 226 g/mol. The van der Waals surface area contributed by atoms with Gasteiger partial charge in [-0.3, -0.25) is 4.79 Å². The Kier molecular flexibility index (Phi) is 4.82. The third kappa shape index (κ3) is 4.33. The van der Waals surface area contributed by atoms with Gasteiger partial charge in [-0.1, -0.05) is 19.1 Å². The Morgan fingerprint density at radius 3 is 2.81 bits per heavy atom. The highest BCUT2D eigenvalue weighted by molar-refractivity contribution is 5.76. The fourth-order valence-electron chi connectivity index (χ4n) is 1.49. The molecule has 0 aromatic heterocycles. The minimum Gasteiger partial charge on any atom is -0.481 e. The van der Waals surface area contributed by atoms with Gasteiger partial charge in [0.1, 0.15) is 0 Å². The standard InChI is InChI=1S/C11H18N2O3/c1-8(10(14)15)7-12-11(16)13-9-5-3-2-4-6-9/h2-3,8-9H,4-7H2,1H3,(H,14,15)(H2,12,13,16). The molecule has 0 aliphatic heterocycles. The van der Waals surface area contributed by atoms with Gasteiger partial charge in [-0.2, -0.15) is 0 Å². The number of urea groups is 1. The van der Waals surface area contributed by atoms with Crippen LogP contribution in [0, 0.1) is 5.92 Å². The quantitative estimate of drug-likeness (QED) is 0.628. The van der Waals surface area contributed by atoms with E-state index in [0.29, 0.717) is 0 Å². The molecule has 0 heterocycles. The van der Waals surface area contributed by atoms with E-state index in [1.807, 2.05) is 6.08 Å². The summed E-state index contributed by atoms with van der Waals surface area (Å²) in [6.45, 7) is 1.72. The minimum atomic E-state index is -0.902. The molecule has 2 atom stereocenters. The fraction of sp³-hybridized carbons (Fsp3) is 0.636. The highest BCUT2D eigenvalue weighted by Crippen LogP contribution is 2.09. The molecule has 1 aliphatic carbocycles. The SMILES string of the molecule is CC(CNC(=O)NC1CC=CCC1)C(=O)O. The van der Waals surface area contributed by atoms with Crippen molar-refractivity contribution >= 4 is 12.0 Å². The van der Waals surface area contributed by atoms with Gasteiger partial charge < -0.3 is 15.7 Å². The van der Waals surface area contributed by atoms with E-state index in [1.165, 1.54) is 0 Å². The number of carbonyl (C=O) groups excluding carboxylic acids is 1. The highest BCUT2D eigenvalue weighted by atomic mass is 16.4. The number of amides is 2. The minimum absolute atomic E-state index is 0.156. The Labute approximate surface area is 94.9 Å². The predicted molar refractivity (Wildman–Crippen MR) is 60.1 cm³/mol. The van der Waals surface area contributed by atoms with Crippen molar-refractivity contribution in [3.63, 3.8) is 0 Å². The summed E-state index contributed by atoms with van der Waals surface area (Å²) >= 11 is 0. The number of allylic oxidation sites excluding steroid dienone is 1. The normalized spacial score (nSPS) is 21.2. The number of aliphatic carboxylic acids is 1. The van der Waals surface area contributed by atoms with Crippen molar-refractivity contribution in [1.29, 1.82) is 0 Å². The Hall–Kier alpha value is -1.52. The molecule has 0 saturated heterocycles. The van der Waals surface area contributed by atoms with E-state index in [-0.39, 0.29) is 18.6 Å². The van der Waals surface area contributed by atoms with Crippen LogP contribution >= 0.6 is 0 Å². The van der Waals surface area contributed by atoms with Gasteiger partial charge in [0.25, 0.3) is 0 Å². The maximum atomic E-state index is 11.4. The zero-order valence-electron chi connectivity index (χ0n) is 9.40. The number of carboxylic acid groups (broad SMARTS) is 1. The summed E-state index contributed by atoms with van der Waals surface area (Å²) in [7, 11) is 0. The summed E-state index contributed by atoms with van der Waals surface area (Å²) in [5, 5.41) is 14.0. The van der Waals surface area contributed by atoms with Gasteiger partial charge >= 0.3 is 12.0 Å². The summed E-state index contributed by atoms with van der Waals surface area (Å²) in [6, 6.07) is -0.112. The molecule has 5 nitrogen and oxygen atoms in total. The highest BCUT2D eigenvalue weighted by Gasteiger charge is 2.15. The summed E-state index contributed by atoms with van der Waals surface area (Å²) in [6.07, 6.45) is 6.92. The first-order valence-corrected chi connectivity index (χ1v) is 5.51. The lowest BCUT2D eigenvalue weighted by atomic mass is 10.0. The molecule has 5 heteroatoms. The first-order chi connectivity index (χ1) is 7.59. The topological polar surface area (TPSA) is 78.4 Å². The molecule has 16 heavy (non-hydrogen) atoms. The lowest BCUT2D eigenvalue weighted by Crippen LogP contribution is -2.44. The monoisotopic (exact) mass is 226 g/mol. The van der Waals surface area contributed by atoms with E-state index in [2.05, 4.69) is 16.7 Å². The van der Waals surface area contributed by atoms with E-state index >= 15 is 0 Å². The molecular formula is C11H18N2O3. The van der Waals surface area contributed by atoms with Crippen LogP contribution in [0.25, 0.3) is 0 Å². The molecule has 1 rings (SSSR count). The Balaban J connectivity index is 2.20. The van der Waals surface area contributed by atoms with Crippen molar-refractivity contribution in [2.75, 3.05) is 6.54 Å². The van der Waals surface area contributed by atoms with Crippen molar-refractivity contribution in [1.82, 2.24) is 10.6 Å². The first kappa shape index (κ1) is 12.5. The van der Waals surface area contributed by atoms with Crippen LogP contribution in [0.5, 0.6) is 0 Å². The molecule has 2 unspecified atom stereocenters. The van der Waals surface area contributed by atoms with Crippen LogP contribution in [0.3, 0.4) is 0 Å². The van der Waals surface area contributed by atoms with Crippen LogP contribution in [0.2, 0.25) is 0 Å². The molecule has 0 spiro atoms. The van der Waals surface area contributed by atoms with E-state index in [9.17, 15) is 9.59 Å². The molecular weight excluding hydrogens is 208 g/mol. The van der Waals surface area contributed by atoms with E-state index in [1.54, 1.807) is 6.92 Å². The third-order valence-corrected chi connectivity index (χ3v) is 2.59. The maximum Gasteiger partial charge on any atom is 0.315 e. The van der Waals surface area contributed by atoms with Crippen LogP contribution in [0.4, 0.5) is 4.79 Å². The lowest BCUT2D eigenvalue weighted by molar-refractivity contribution is -0.140. The predicted octanol–water partition coefficient (Wildman–Crippen LogP) is 1.11. The molecule has 0 fully saturated rings. The van der Waals surface area contributed by atoms with Gasteiger partial charge in [0.05, 0.1) is 5.92 Å². The molecule has 0 bridgehead atoms. The Morgan fingerprint density at radius 1 is 1.50 bits per heavy atom. The first-order valence-electron chi connectivity index (χ1n) is 5.51. The third-order valence-electron chi connectivity index (χ3n) is 2.59. The van der Waals surface area contributed by atoms with Gasteiger partial charge in [0, 0.05) is 12.6 Å². The van der Waals surface area contributed by atoms with E-state index < -0.39 is 11.9 Å². The van der Waals surface area contributed by atoms with Crippen molar-refractivity contribution < 1.29 is 14.7 Å². The molecule has 2 amide bonds. The second kappa shape index (κ2) is 6.15. The summed E-state index contributed by atoms with van der Waals surface area (Å²) in [5.74, 6) is -1.46. The maximum absolute atomic E-state index is 11.4. The van der Waals surface area contributed by atoms with E-state index in [0.717, 1.165) is 19.3 Å². The van der Waals surface area contributed by atoms with Crippen molar-refractivity contribution in [3.05, 3.63) is 12.2 Å². The summed E-state index contributed by atoms with van der Waals surface area (Å²) < 4.78 is 0. The van der Waals surface area contributed by atoms with Gasteiger partial charge in [-0.25, -0.2) is 4.79 Å². The summed E-state index contributed by atoms with van der Waals surface area (Å²) in [5.41, 5.74) is 0. The Bertz CT molecular complexity index is 289. The van der Waals surface area contributed by atoms with Crippen LogP contribution in [-0.2, 0) is 4.79 Å². The lowest BCUT2D eigenvalue weighted by Gasteiger charge is -2.20. The number of nitrogens with one attached hydrogen (secondary N) is 2. The number of carboxylic acids is 1. The average Bonchev–Trinajstić information content (AvgIpc) is 2.27. The van der Waals surface area contributed by atoms with Crippen molar-refractivity contribution in [2.45, 2.75) is 32.2 Å². The van der Waals surface area contributed by atoms with Crippen LogP contribution in [0.1, 0.15) is 26.2 Å². The summed E-state index contributed by atoms with van der Waals surface area (Å²) in [4.78, 5) is 21.9. The second-order valence-electron chi connectivity index (χ2n) is 4.08. The molecule has 0 aromatic carbocycles. The zero-order chi connectivity index (χ0) is 12.0. The molecule has 3 N–H and O–H groups in total. The van der Waals surface area contributed by atoms with Gasteiger partial charge in [0.2, 0.25) is 0 Å². The van der Waals surface area contributed by atoms with Crippen LogP contribution < -0.4 is 10.6 Å². The largest absolute Gasteiger partial charge is 0.481 e. The molecule has 1 aliphatic rings. The smallest absolute Gasteiger partial charge is 0.315 e. The fourth-order valence-corrected chi connectivity index (χ4v) is 1.49. The van der Waals surface area contributed by atoms with Crippen LogP contribution in [0.15, 0.2) is 12.2 Å². The van der Waals surface area contributed by atoms with Crippen molar-refractivity contribution in [3.8, 4) is 0 Å². The van der Waals surface area contributed by atoms with Gasteiger partial charge in [-0.15, -0.1) is 0 Å². The number of carbonyl (C=O) groups is 2. The number of rotatable bonds is 4. The molecule has 90 valence electrons. The zero-order valence-corrected chi connectivity index (χ0v) is 9.40. The molecule has 0 saturated carbocycles. The van der Waals surface area contributed by atoms with E-state index in [4.69, 9.17) is 5.11 Å². The number of hydrogen-bond acceptors (Lipinski definition) is 2. The molecule has 0 aromatic rings. The van der Waals surface area contributed by atoms with Crippen LogP contribution in [-0.4, -0.2) is 29.7 Å². The number of hydrogen-bond donors (Lipinski definition) is 3. The van der Waals surface area contributed by atoms with Crippen molar-refractivity contribution in [2.24, 2.45) is 5.92 Å². The van der Waals surface area contributed by atoms with Gasteiger partial charge in [-0.05, 0) is 19.3 Å². The molecule has 0 radical (unpaired) electrons. The second-order valence-corrected chi connectivity index (χ2v) is 4.08. The van der Waals surface area contributed by atoms with Gasteiger partial charge in [0.15, 0.2) is 0 Å². The Morgan fingerprint density at radius 2 is 2.25 bits per heavy atom.